The largest absolute Gasteiger partial charge is 0.360 e. The summed E-state index contributed by atoms with van der Waals surface area (Å²) in [6.45, 7) is 3.85. The summed E-state index contributed by atoms with van der Waals surface area (Å²) < 4.78 is 4.87. The highest BCUT2D eigenvalue weighted by atomic mass is 16.5. The van der Waals surface area contributed by atoms with Crippen LogP contribution in [-0.4, -0.2) is 11.1 Å². The van der Waals surface area contributed by atoms with Crippen molar-refractivity contribution in [3.05, 3.63) is 47.2 Å². The Hall–Kier alpha value is -2.10. The summed E-state index contributed by atoms with van der Waals surface area (Å²) in [6.07, 6.45) is 0.963. The van der Waals surface area contributed by atoms with Crippen LogP contribution in [0.25, 0.3) is 0 Å². The molecule has 4 heteroatoms. The number of nitrogens with zero attached hydrogens (tertiary/aromatic N) is 1. The van der Waals surface area contributed by atoms with Crippen molar-refractivity contribution in [1.82, 2.24) is 5.16 Å². The quantitative estimate of drug-likeness (QED) is 0.882. The molecule has 0 bridgehead atoms. The molecule has 1 aromatic heterocycles. The summed E-state index contributed by atoms with van der Waals surface area (Å²) in [4.78, 5) is 11.8. The van der Waals surface area contributed by atoms with Gasteiger partial charge in [-0.25, -0.2) is 0 Å². The number of hydrogen-bond acceptors (Lipinski definition) is 3. The number of nitrogens with one attached hydrogen (secondary N) is 1. The Bertz CT molecular complexity index is 514. The van der Waals surface area contributed by atoms with E-state index in [1.165, 1.54) is 5.56 Å². The summed E-state index contributed by atoms with van der Waals surface area (Å²) in [5.74, 6) is 0.926. The van der Waals surface area contributed by atoms with Gasteiger partial charge in [-0.15, -0.1) is 0 Å². The van der Waals surface area contributed by atoms with E-state index in [1.807, 2.05) is 12.1 Å². The zero-order chi connectivity index (χ0) is 12.3. The summed E-state index contributed by atoms with van der Waals surface area (Å²) in [5, 5.41) is 6.38. The van der Waals surface area contributed by atoms with Gasteiger partial charge in [0.1, 0.15) is 5.76 Å². The minimum Gasteiger partial charge on any atom is -0.360 e. The molecule has 1 aromatic carbocycles. The average Bonchev–Trinajstić information content (AvgIpc) is 2.75. The molecule has 4 nitrogen and oxygen atoms in total. The van der Waals surface area contributed by atoms with Gasteiger partial charge >= 0.3 is 0 Å². The third-order valence-electron chi connectivity index (χ3n) is 2.49. The molecule has 0 atom stereocenters. The summed E-state index contributed by atoms with van der Waals surface area (Å²) in [6, 6.07) is 9.19. The van der Waals surface area contributed by atoms with Gasteiger partial charge < -0.3 is 9.84 Å². The molecule has 0 saturated carbocycles. The number of benzene rings is 1. The van der Waals surface area contributed by atoms with E-state index >= 15 is 0 Å². The van der Waals surface area contributed by atoms with Crippen LogP contribution in [-0.2, 0) is 6.42 Å². The van der Waals surface area contributed by atoms with Gasteiger partial charge in [0.2, 0.25) is 0 Å². The van der Waals surface area contributed by atoms with Gasteiger partial charge in [0.25, 0.3) is 5.91 Å². The lowest BCUT2D eigenvalue weighted by atomic mass is 10.1. The van der Waals surface area contributed by atoms with E-state index in [9.17, 15) is 4.79 Å². The molecule has 0 fully saturated rings. The van der Waals surface area contributed by atoms with Crippen LogP contribution < -0.4 is 5.32 Å². The van der Waals surface area contributed by atoms with Crippen LogP contribution >= 0.6 is 0 Å². The van der Waals surface area contributed by atoms with Crippen molar-refractivity contribution < 1.29 is 9.32 Å². The standard InChI is InChI=1S/C13H14N2O2/c1-3-10-4-6-11(7-5-10)13(16)14-12-8-9(2)17-15-12/h4-8H,3H2,1-2H3,(H,14,15,16). The second-order valence-corrected chi connectivity index (χ2v) is 3.83. The highest BCUT2D eigenvalue weighted by Crippen LogP contribution is 2.10. The Morgan fingerprint density at radius 2 is 2.06 bits per heavy atom. The minimum atomic E-state index is -0.180. The fourth-order valence-corrected chi connectivity index (χ4v) is 1.51. The Kier molecular flexibility index (Phi) is 3.23. The molecule has 2 rings (SSSR count). The van der Waals surface area contributed by atoms with Crippen molar-refractivity contribution in [2.45, 2.75) is 20.3 Å². The van der Waals surface area contributed by atoms with Crippen LogP contribution in [0.1, 0.15) is 28.6 Å². The Morgan fingerprint density at radius 3 is 2.59 bits per heavy atom. The maximum absolute atomic E-state index is 11.8. The third-order valence-corrected chi connectivity index (χ3v) is 2.49. The maximum Gasteiger partial charge on any atom is 0.256 e. The number of hydrogen-bond donors (Lipinski definition) is 1. The van der Waals surface area contributed by atoms with Crippen molar-refractivity contribution in [3.63, 3.8) is 0 Å². The second-order valence-electron chi connectivity index (χ2n) is 3.83. The number of anilines is 1. The van der Waals surface area contributed by atoms with Crippen molar-refractivity contribution in [2.75, 3.05) is 5.32 Å². The molecular formula is C13H14N2O2. The molecule has 0 saturated heterocycles. The van der Waals surface area contributed by atoms with Crippen LogP contribution in [0.3, 0.4) is 0 Å². The molecule has 0 aliphatic heterocycles. The van der Waals surface area contributed by atoms with Crippen molar-refractivity contribution in [3.8, 4) is 0 Å². The van der Waals surface area contributed by atoms with Gasteiger partial charge in [-0.1, -0.05) is 24.2 Å². The van der Waals surface area contributed by atoms with Crippen molar-refractivity contribution in [2.24, 2.45) is 0 Å². The Labute approximate surface area is 99.6 Å². The highest BCUT2D eigenvalue weighted by Gasteiger charge is 2.08. The number of carbonyl (C=O) groups excluding carboxylic acids is 1. The van der Waals surface area contributed by atoms with Crippen LogP contribution in [0.4, 0.5) is 5.82 Å². The fraction of sp³-hybridized carbons (Fsp3) is 0.231. The van der Waals surface area contributed by atoms with Crippen LogP contribution in [0, 0.1) is 6.92 Å². The van der Waals surface area contributed by atoms with Crippen LogP contribution in [0.15, 0.2) is 34.9 Å². The first-order valence-corrected chi connectivity index (χ1v) is 5.52. The first kappa shape index (κ1) is 11.4. The van der Waals surface area contributed by atoms with E-state index < -0.39 is 0 Å². The zero-order valence-corrected chi connectivity index (χ0v) is 9.86. The molecule has 0 aliphatic rings. The highest BCUT2D eigenvalue weighted by molar-refractivity contribution is 6.03. The van der Waals surface area contributed by atoms with E-state index in [0.29, 0.717) is 17.1 Å². The van der Waals surface area contributed by atoms with Crippen LogP contribution in [0.2, 0.25) is 0 Å². The fourth-order valence-electron chi connectivity index (χ4n) is 1.51. The maximum atomic E-state index is 11.8. The molecule has 0 unspecified atom stereocenters. The van der Waals surface area contributed by atoms with Gasteiger partial charge in [-0.2, -0.15) is 0 Å². The van der Waals surface area contributed by atoms with Crippen LogP contribution in [0.5, 0.6) is 0 Å². The number of rotatable bonds is 3. The average molecular weight is 230 g/mol. The molecule has 0 spiro atoms. The van der Waals surface area contributed by atoms with Crippen molar-refractivity contribution in [1.29, 1.82) is 0 Å². The lowest BCUT2D eigenvalue weighted by molar-refractivity contribution is 0.102. The normalized spacial score (nSPS) is 10.2. The molecule has 1 heterocycles. The van der Waals surface area contributed by atoms with Gasteiger partial charge in [0.15, 0.2) is 5.82 Å². The number of carbonyl (C=O) groups is 1. The van der Waals surface area contributed by atoms with Gasteiger partial charge in [-0.3, -0.25) is 4.79 Å². The monoisotopic (exact) mass is 230 g/mol. The summed E-state index contributed by atoms with van der Waals surface area (Å²) >= 11 is 0. The SMILES string of the molecule is CCc1ccc(C(=O)Nc2cc(C)on2)cc1. The first-order chi connectivity index (χ1) is 8.19. The van der Waals surface area contributed by atoms with Crippen molar-refractivity contribution >= 4 is 11.7 Å². The first-order valence-electron chi connectivity index (χ1n) is 5.52. The minimum absolute atomic E-state index is 0.180. The van der Waals surface area contributed by atoms with E-state index in [4.69, 9.17) is 4.52 Å². The lowest BCUT2D eigenvalue weighted by Crippen LogP contribution is -2.11. The molecule has 0 aliphatic carbocycles. The number of aromatic nitrogens is 1. The molecule has 17 heavy (non-hydrogen) atoms. The second kappa shape index (κ2) is 4.82. The summed E-state index contributed by atoms with van der Waals surface area (Å²) in [5.41, 5.74) is 1.82. The third kappa shape index (κ3) is 2.72. The number of amides is 1. The van der Waals surface area contributed by atoms with Gasteiger partial charge in [-0.05, 0) is 31.0 Å². The molecule has 88 valence electrons. The van der Waals surface area contributed by atoms with E-state index in [1.54, 1.807) is 25.1 Å². The molecule has 1 amide bonds. The Morgan fingerprint density at radius 1 is 1.35 bits per heavy atom. The molecular weight excluding hydrogens is 216 g/mol. The van der Waals surface area contributed by atoms with E-state index in [0.717, 1.165) is 6.42 Å². The topological polar surface area (TPSA) is 55.1 Å². The lowest BCUT2D eigenvalue weighted by Gasteiger charge is -2.02. The number of aryl methyl sites for hydroxylation is 2. The molecule has 1 N–H and O–H groups in total. The Balaban J connectivity index is 2.09. The zero-order valence-electron chi connectivity index (χ0n) is 9.86. The van der Waals surface area contributed by atoms with E-state index in [-0.39, 0.29) is 5.91 Å². The summed E-state index contributed by atoms with van der Waals surface area (Å²) in [7, 11) is 0. The predicted molar refractivity (Wildman–Crippen MR) is 65.0 cm³/mol. The smallest absolute Gasteiger partial charge is 0.256 e. The molecule has 2 aromatic rings. The van der Waals surface area contributed by atoms with E-state index in [2.05, 4.69) is 17.4 Å². The van der Waals surface area contributed by atoms with Gasteiger partial charge in [0, 0.05) is 11.6 Å². The van der Waals surface area contributed by atoms with Gasteiger partial charge in [0.05, 0.1) is 0 Å². The molecule has 0 radical (unpaired) electrons. The predicted octanol–water partition coefficient (Wildman–Crippen LogP) is 2.80.